The van der Waals surface area contributed by atoms with Crippen LogP contribution in [0.1, 0.15) is 43.7 Å². The third-order valence-corrected chi connectivity index (χ3v) is 4.65. The second-order valence-electron chi connectivity index (χ2n) is 5.82. The molecular formula is C18H20N2O. The molecule has 2 aromatic rings. The van der Waals surface area contributed by atoms with Crippen molar-refractivity contribution in [2.24, 2.45) is 0 Å². The molecule has 1 aromatic heterocycles. The molecule has 1 fully saturated rings. The normalized spacial score (nSPS) is 16.8. The zero-order valence-electron chi connectivity index (χ0n) is 12.6. The van der Waals surface area contributed by atoms with Gasteiger partial charge in [0.1, 0.15) is 0 Å². The molecule has 0 saturated heterocycles. The van der Waals surface area contributed by atoms with Crippen LogP contribution in [0.3, 0.4) is 0 Å². The average Bonchev–Trinajstić information content (AvgIpc) is 3.03. The predicted molar refractivity (Wildman–Crippen MR) is 83.4 cm³/mol. The van der Waals surface area contributed by atoms with Crippen molar-refractivity contribution in [1.82, 2.24) is 4.98 Å². The van der Waals surface area contributed by atoms with Crippen LogP contribution in [0.25, 0.3) is 10.9 Å². The van der Waals surface area contributed by atoms with Gasteiger partial charge in [0, 0.05) is 10.9 Å². The summed E-state index contributed by atoms with van der Waals surface area (Å²) < 4.78 is 5.39. The zero-order valence-corrected chi connectivity index (χ0v) is 12.6. The first-order valence-electron chi connectivity index (χ1n) is 7.62. The number of fused-ring (bicyclic) bond motifs is 1. The summed E-state index contributed by atoms with van der Waals surface area (Å²) in [7, 11) is 1.66. The van der Waals surface area contributed by atoms with Crippen LogP contribution >= 0.6 is 0 Å². The smallest absolute Gasteiger partial charge is 0.216 e. The van der Waals surface area contributed by atoms with E-state index in [-0.39, 0.29) is 5.41 Å². The maximum absolute atomic E-state index is 9.63. The van der Waals surface area contributed by atoms with Gasteiger partial charge in [0.05, 0.1) is 24.1 Å². The van der Waals surface area contributed by atoms with E-state index in [2.05, 4.69) is 42.2 Å². The van der Waals surface area contributed by atoms with E-state index >= 15 is 0 Å². The van der Waals surface area contributed by atoms with Gasteiger partial charge < -0.3 is 4.74 Å². The number of aromatic nitrogens is 1. The Morgan fingerprint density at radius 3 is 2.67 bits per heavy atom. The van der Waals surface area contributed by atoms with Gasteiger partial charge in [0.2, 0.25) is 5.88 Å². The maximum Gasteiger partial charge on any atom is 0.216 e. The lowest BCUT2D eigenvalue weighted by atomic mass is 9.80. The molecule has 1 heterocycles. The summed E-state index contributed by atoms with van der Waals surface area (Å²) in [6.45, 7) is 2.10. The topological polar surface area (TPSA) is 45.9 Å². The Morgan fingerprint density at radius 2 is 2.05 bits per heavy atom. The van der Waals surface area contributed by atoms with Crippen LogP contribution in [0.2, 0.25) is 0 Å². The number of rotatable bonds is 3. The second-order valence-corrected chi connectivity index (χ2v) is 5.82. The van der Waals surface area contributed by atoms with E-state index in [1.165, 1.54) is 0 Å². The molecule has 1 aliphatic carbocycles. The summed E-state index contributed by atoms with van der Waals surface area (Å²) in [5, 5.41) is 10.7. The SMILES string of the molecule is CCc1cc2ccc(C3(C#N)CCCC3)cc2nc1OC. The van der Waals surface area contributed by atoms with Gasteiger partial charge in [-0.2, -0.15) is 5.26 Å². The Kier molecular flexibility index (Phi) is 3.55. The summed E-state index contributed by atoms with van der Waals surface area (Å²) in [6.07, 6.45) is 5.09. The van der Waals surface area contributed by atoms with Gasteiger partial charge in [0.15, 0.2) is 0 Å². The van der Waals surface area contributed by atoms with Crippen LogP contribution in [0, 0.1) is 11.3 Å². The molecule has 3 nitrogen and oxygen atoms in total. The van der Waals surface area contributed by atoms with Crippen molar-refractivity contribution in [2.45, 2.75) is 44.4 Å². The molecule has 0 radical (unpaired) electrons. The predicted octanol–water partition coefficient (Wildman–Crippen LogP) is 4.14. The van der Waals surface area contributed by atoms with Crippen molar-refractivity contribution in [2.75, 3.05) is 7.11 Å². The van der Waals surface area contributed by atoms with E-state index in [0.717, 1.165) is 54.1 Å². The van der Waals surface area contributed by atoms with E-state index in [9.17, 15) is 5.26 Å². The number of pyridine rings is 1. The number of methoxy groups -OCH3 is 1. The number of nitrogens with zero attached hydrogens (tertiary/aromatic N) is 2. The maximum atomic E-state index is 9.63. The molecule has 3 rings (SSSR count). The highest BCUT2D eigenvalue weighted by Crippen LogP contribution is 2.41. The molecule has 1 aromatic carbocycles. The van der Waals surface area contributed by atoms with Gasteiger partial charge in [-0.05, 0) is 37.0 Å². The summed E-state index contributed by atoms with van der Waals surface area (Å²) in [5.74, 6) is 0.694. The zero-order chi connectivity index (χ0) is 14.9. The molecule has 21 heavy (non-hydrogen) atoms. The van der Waals surface area contributed by atoms with Crippen LogP contribution in [-0.2, 0) is 11.8 Å². The molecule has 1 saturated carbocycles. The molecule has 0 bridgehead atoms. The lowest BCUT2D eigenvalue weighted by molar-refractivity contribution is 0.394. The van der Waals surface area contributed by atoms with Crippen molar-refractivity contribution in [1.29, 1.82) is 5.26 Å². The molecule has 108 valence electrons. The Morgan fingerprint density at radius 1 is 1.29 bits per heavy atom. The molecule has 0 amide bonds. The minimum absolute atomic E-state index is 0.313. The van der Waals surface area contributed by atoms with E-state index in [1.54, 1.807) is 7.11 Å². The van der Waals surface area contributed by atoms with E-state index in [4.69, 9.17) is 4.74 Å². The lowest BCUT2D eigenvalue weighted by Crippen LogP contribution is -2.19. The highest BCUT2D eigenvalue weighted by Gasteiger charge is 2.35. The first-order valence-corrected chi connectivity index (χ1v) is 7.62. The largest absolute Gasteiger partial charge is 0.481 e. The van der Waals surface area contributed by atoms with Crippen molar-refractivity contribution >= 4 is 10.9 Å². The number of hydrogen-bond donors (Lipinski definition) is 0. The molecule has 0 unspecified atom stereocenters. The van der Waals surface area contributed by atoms with Gasteiger partial charge in [-0.3, -0.25) is 0 Å². The molecule has 0 spiro atoms. The van der Waals surface area contributed by atoms with Crippen LogP contribution in [0.5, 0.6) is 5.88 Å². The summed E-state index contributed by atoms with van der Waals surface area (Å²) in [6, 6.07) is 11.0. The lowest BCUT2D eigenvalue weighted by Gasteiger charge is -2.21. The quantitative estimate of drug-likeness (QED) is 0.848. The van der Waals surface area contributed by atoms with Gasteiger partial charge in [-0.1, -0.05) is 31.9 Å². The highest BCUT2D eigenvalue weighted by atomic mass is 16.5. The van der Waals surface area contributed by atoms with Gasteiger partial charge in [-0.15, -0.1) is 0 Å². The van der Waals surface area contributed by atoms with Gasteiger partial charge >= 0.3 is 0 Å². The second kappa shape index (κ2) is 5.37. The average molecular weight is 280 g/mol. The number of hydrogen-bond acceptors (Lipinski definition) is 3. The fourth-order valence-electron chi connectivity index (χ4n) is 3.36. The van der Waals surface area contributed by atoms with Crippen molar-refractivity contribution in [3.8, 4) is 11.9 Å². The monoisotopic (exact) mass is 280 g/mol. The number of aryl methyl sites for hydroxylation is 1. The molecule has 0 aliphatic heterocycles. The van der Waals surface area contributed by atoms with Gasteiger partial charge in [-0.25, -0.2) is 4.98 Å². The third kappa shape index (κ3) is 2.25. The summed E-state index contributed by atoms with van der Waals surface area (Å²) in [5.41, 5.74) is 2.83. The van der Waals surface area contributed by atoms with E-state index in [0.29, 0.717) is 5.88 Å². The van der Waals surface area contributed by atoms with Crippen molar-refractivity contribution in [3.63, 3.8) is 0 Å². The van der Waals surface area contributed by atoms with Crippen molar-refractivity contribution in [3.05, 3.63) is 35.4 Å². The van der Waals surface area contributed by atoms with E-state index in [1.807, 2.05) is 0 Å². The fourth-order valence-corrected chi connectivity index (χ4v) is 3.36. The van der Waals surface area contributed by atoms with Crippen LogP contribution < -0.4 is 4.74 Å². The molecule has 3 heteroatoms. The first kappa shape index (κ1) is 13.9. The number of nitriles is 1. The minimum Gasteiger partial charge on any atom is -0.481 e. The highest BCUT2D eigenvalue weighted by molar-refractivity contribution is 5.81. The number of ether oxygens (including phenoxy) is 1. The summed E-state index contributed by atoms with van der Waals surface area (Å²) in [4.78, 5) is 4.63. The summed E-state index contributed by atoms with van der Waals surface area (Å²) >= 11 is 0. The third-order valence-electron chi connectivity index (χ3n) is 4.65. The first-order chi connectivity index (χ1) is 10.2. The van der Waals surface area contributed by atoms with E-state index < -0.39 is 0 Å². The van der Waals surface area contributed by atoms with Crippen molar-refractivity contribution < 1.29 is 4.74 Å². The molecular weight excluding hydrogens is 260 g/mol. The molecule has 0 atom stereocenters. The molecule has 0 N–H and O–H groups in total. The fraction of sp³-hybridized carbons (Fsp3) is 0.444. The van der Waals surface area contributed by atoms with Crippen LogP contribution in [0.4, 0.5) is 0 Å². The van der Waals surface area contributed by atoms with Crippen LogP contribution in [-0.4, -0.2) is 12.1 Å². The number of benzene rings is 1. The Balaban J connectivity index is 2.14. The Labute approximate surface area is 125 Å². The van der Waals surface area contributed by atoms with Gasteiger partial charge in [0.25, 0.3) is 0 Å². The molecule has 1 aliphatic rings. The Hall–Kier alpha value is -2.08. The van der Waals surface area contributed by atoms with Crippen LogP contribution in [0.15, 0.2) is 24.3 Å². The standard InChI is InChI=1S/C18H20N2O/c1-3-13-10-14-6-7-15(11-16(14)20-17(13)21-2)18(12-19)8-4-5-9-18/h6-7,10-11H,3-5,8-9H2,1-2H3. The Bertz CT molecular complexity index is 709. The minimum atomic E-state index is -0.313.